The molecule has 2 heterocycles. The van der Waals surface area contributed by atoms with E-state index < -0.39 is 5.92 Å². The highest BCUT2D eigenvalue weighted by Crippen LogP contribution is 2.47. The number of benzene rings is 2. The van der Waals surface area contributed by atoms with Gasteiger partial charge < -0.3 is 19.7 Å². The molecule has 0 spiro atoms. The highest BCUT2D eigenvalue weighted by atomic mass is 16.6. The lowest BCUT2D eigenvalue weighted by molar-refractivity contribution is -0.139. The maximum absolute atomic E-state index is 13.9. The van der Waals surface area contributed by atoms with Crippen LogP contribution in [0.3, 0.4) is 0 Å². The molecule has 0 aromatic heterocycles. The van der Waals surface area contributed by atoms with E-state index in [1.807, 2.05) is 37.3 Å². The molecular weight excluding hydrogens is 552 g/mol. The fourth-order valence-corrected chi connectivity index (χ4v) is 6.71. The molecule has 1 amide bonds. The van der Waals surface area contributed by atoms with Gasteiger partial charge in [-0.2, -0.15) is 0 Å². The Hall–Kier alpha value is -4.13. The lowest BCUT2D eigenvalue weighted by atomic mass is 9.68. The summed E-state index contributed by atoms with van der Waals surface area (Å²) in [7, 11) is 0. The number of allylic oxidation sites excluding steroid dienone is 4. The van der Waals surface area contributed by atoms with Crippen LogP contribution in [0.2, 0.25) is 0 Å². The number of ketones is 1. The maximum Gasteiger partial charge on any atom is 0.414 e. The highest BCUT2D eigenvalue weighted by molar-refractivity contribution is 6.04. The average Bonchev–Trinajstić information content (AvgIpc) is 3.00. The quantitative estimate of drug-likeness (QED) is 0.249. The van der Waals surface area contributed by atoms with Crippen molar-refractivity contribution >= 4 is 17.8 Å². The molecule has 232 valence electrons. The van der Waals surface area contributed by atoms with E-state index in [4.69, 9.17) is 9.47 Å². The Kier molecular flexibility index (Phi) is 9.42. The summed E-state index contributed by atoms with van der Waals surface area (Å²) in [6.07, 6.45) is 3.81. The lowest BCUT2D eigenvalue weighted by Crippen LogP contribution is -2.39. The Balaban J connectivity index is 1.35. The average molecular weight is 597 g/mol. The normalized spacial score (nSPS) is 20.1. The van der Waals surface area contributed by atoms with Crippen LogP contribution in [-0.4, -0.2) is 42.4 Å². The number of piperidine rings is 1. The van der Waals surface area contributed by atoms with Crippen LogP contribution in [0.25, 0.3) is 11.1 Å². The van der Waals surface area contributed by atoms with Crippen molar-refractivity contribution in [2.75, 3.05) is 19.7 Å². The molecule has 2 aliphatic heterocycles. The zero-order valence-corrected chi connectivity index (χ0v) is 26.4. The molecule has 1 atom stereocenters. The van der Waals surface area contributed by atoms with Gasteiger partial charge in [0.2, 0.25) is 0 Å². The minimum absolute atomic E-state index is 0.0817. The zero-order valence-electron chi connectivity index (χ0n) is 26.4. The van der Waals surface area contributed by atoms with Gasteiger partial charge in [-0.05, 0) is 67.1 Å². The van der Waals surface area contributed by atoms with E-state index in [0.29, 0.717) is 48.8 Å². The number of esters is 1. The number of ether oxygens (including phenoxy) is 2. The highest BCUT2D eigenvalue weighted by Gasteiger charge is 2.43. The van der Waals surface area contributed by atoms with Gasteiger partial charge in [0.1, 0.15) is 0 Å². The summed E-state index contributed by atoms with van der Waals surface area (Å²) < 4.78 is 11.1. The summed E-state index contributed by atoms with van der Waals surface area (Å²) in [5, 5.41) is 3.51. The number of likely N-dealkylation sites (tertiary alicyclic amines) is 1. The predicted octanol–water partition coefficient (Wildman–Crippen LogP) is 7.66. The van der Waals surface area contributed by atoms with Crippen molar-refractivity contribution in [3.8, 4) is 11.1 Å². The number of rotatable bonds is 8. The Bertz CT molecular complexity index is 1480. The number of hydrogen-bond donors (Lipinski definition) is 1. The maximum atomic E-state index is 13.9. The minimum Gasteiger partial charge on any atom is -0.462 e. The van der Waals surface area contributed by atoms with Crippen LogP contribution in [0.4, 0.5) is 4.79 Å². The Morgan fingerprint density at radius 2 is 1.66 bits per heavy atom. The van der Waals surface area contributed by atoms with Gasteiger partial charge in [-0.3, -0.25) is 4.79 Å². The van der Waals surface area contributed by atoms with Crippen LogP contribution < -0.4 is 5.32 Å². The van der Waals surface area contributed by atoms with Crippen molar-refractivity contribution in [2.45, 2.75) is 72.1 Å². The monoisotopic (exact) mass is 596 g/mol. The van der Waals surface area contributed by atoms with E-state index in [-0.39, 0.29) is 29.9 Å². The molecule has 1 aliphatic carbocycles. The van der Waals surface area contributed by atoms with Crippen LogP contribution in [0, 0.1) is 11.3 Å². The summed E-state index contributed by atoms with van der Waals surface area (Å²) in [6, 6.07) is 18.4. The number of nitrogens with one attached hydrogen (secondary N) is 1. The fraction of sp³-hybridized carbons (Fsp3) is 0.432. The first-order chi connectivity index (χ1) is 21.1. The van der Waals surface area contributed by atoms with Crippen LogP contribution in [0.5, 0.6) is 0 Å². The second-order valence-electron chi connectivity index (χ2n) is 13.1. The van der Waals surface area contributed by atoms with Crippen molar-refractivity contribution in [1.82, 2.24) is 10.2 Å². The summed E-state index contributed by atoms with van der Waals surface area (Å²) in [5.41, 5.74) is 5.92. The van der Waals surface area contributed by atoms with Gasteiger partial charge in [0.15, 0.2) is 5.78 Å². The van der Waals surface area contributed by atoms with E-state index in [2.05, 4.69) is 50.0 Å². The predicted molar refractivity (Wildman–Crippen MR) is 171 cm³/mol. The topological polar surface area (TPSA) is 84.9 Å². The molecule has 1 fully saturated rings. The number of carbonyl (C=O) groups excluding carboxylic acids is 3. The number of amides is 1. The first-order valence-electron chi connectivity index (χ1n) is 15.8. The third-order valence-corrected chi connectivity index (χ3v) is 8.94. The van der Waals surface area contributed by atoms with Crippen LogP contribution >= 0.6 is 0 Å². The van der Waals surface area contributed by atoms with E-state index in [1.165, 1.54) is 0 Å². The molecule has 1 unspecified atom stereocenters. The van der Waals surface area contributed by atoms with Crippen molar-refractivity contribution in [3.63, 3.8) is 0 Å². The standard InChI is InChI=1S/C37H44N2O5/c1-6-29-34(35(41)43-21-18-25-16-19-39(20-17-25)36(42)44-24(2)3)32(33-30(38-29)22-37(4,5)23-31(33)40)28-14-12-27(13-15-28)26-10-8-7-9-11-26/h7-15,25,32,38H,2,6,16-23H2,1,3-5H3. The zero-order chi connectivity index (χ0) is 31.4. The van der Waals surface area contributed by atoms with Crippen LogP contribution in [-0.2, 0) is 19.1 Å². The molecule has 0 saturated carbocycles. The number of nitrogens with zero attached hydrogens (tertiary/aromatic N) is 1. The number of hydrogen-bond acceptors (Lipinski definition) is 6. The van der Waals surface area contributed by atoms with Gasteiger partial charge in [0, 0.05) is 42.4 Å². The smallest absolute Gasteiger partial charge is 0.414 e. The van der Waals surface area contributed by atoms with Gasteiger partial charge in [-0.15, -0.1) is 0 Å². The number of dihydropyridines is 1. The van der Waals surface area contributed by atoms with Crippen molar-refractivity contribution in [3.05, 3.63) is 95.0 Å². The Morgan fingerprint density at radius 3 is 2.30 bits per heavy atom. The second kappa shape index (κ2) is 13.2. The van der Waals surface area contributed by atoms with E-state index in [1.54, 1.807) is 11.8 Å². The van der Waals surface area contributed by atoms with Gasteiger partial charge in [-0.25, -0.2) is 9.59 Å². The SMILES string of the molecule is C=C(C)OC(=O)N1CCC(CCOC(=O)C2=C(CC)NC3=C(C(=O)CC(C)(C)C3)C2c2ccc(-c3ccccc3)cc2)CC1. The lowest BCUT2D eigenvalue weighted by Gasteiger charge is -2.40. The first-order valence-corrected chi connectivity index (χ1v) is 15.8. The fourth-order valence-electron chi connectivity index (χ4n) is 6.71. The Morgan fingerprint density at radius 1 is 1.00 bits per heavy atom. The largest absolute Gasteiger partial charge is 0.462 e. The van der Waals surface area contributed by atoms with E-state index in [0.717, 1.165) is 53.8 Å². The van der Waals surface area contributed by atoms with Gasteiger partial charge in [0.25, 0.3) is 0 Å². The molecule has 0 radical (unpaired) electrons. The molecule has 1 saturated heterocycles. The number of Topliss-reactive ketones (excluding diaryl/α,β-unsaturated/α-hetero) is 1. The Labute approximate surface area is 261 Å². The summed E-state index contributed by atoms with van der Waals surface area (Å²) >= 11 is 0. The molecular formula is C37H44N2O5. The summed E-state index contributed by atoms with van der Waals surface area (Å²) in [6.45, 7) is 13.1. The van der Waals surface area contributed by atoms with Gasteiger partial charge in [-0.1, -0.05) is 81.9 Å². The third kappa shape index (κ3) is 6.98. The van der Waals surface area contributed by atoms with Gasteiger partial charge in [0.05, 0.1) is 17.9 Å². The molecule has 0 bridgehead atoms. The van der Waals surface area contributed by atoms with Crippen molar-refractivity contribution < 1.29 is 23.9 Å². The molecule has 3 aliphatic rings. The van der Waals surface area contributed by atoms with Gasteiger partial charge >= 0.3 is 12.1 Å². The molecule has 7 nitrogen and oxygen atoms in total. The molecule has 7 heteroatoms. The molecule has 2 aromatic rings. The third-order valence-electron chi connectivity index (χ3n) is 8.94. The first kappa shape index (κ1) is 31.3. The summed E-state index contributed by atoms with van der Waals surface area (Å²) in [4.78, 5) is 41.5. The minimum atomic E-state index is -0.482. The van der Waals surface area contributed by atoms with Crippen LogP contribution in [0.15, 0.2) is 89.5 Å². The molecule has 1 N–H and O–H groups in total. The van der Waals surface area contributed by atoms with Crippen molar-refractivity contribution in [2.24, 2.45) is 11.3 Å². The number of carbonyl (C=O) groups is 3. The molecule has 2 aromatic carbocycles. The second-order valence-corrected chi connectivity index (χ2v) is 13.1. The molecule has 5 rings (SSSR count). The summed E-state index contributed by atoms with van der Waals surface area (Å²) in [5.74, 6) is -0.0476. The van der Waals surface area contributed by atoms with E-state index in [9.17, 15) is 14.4 Å². The van der Waals surface area contributed by atoms with E-state index >= 15 is 0 Å². The van der Waals surface area contributed by atoms with Crippen molar-refractivity contribution in [1.29, 1.82) is 0 Å². The van der Waals surface area contributed by atoms with Crippen LogP contribution in [0.1, 0.15) is 77.7 Å². The molecule has 44 heavy (non-hydrogen) atoms.